The Labute approximate surface area is 104 Å². The highest BCUT2D eigenvalue weighted by Crippen LogP contribution is 2.12. The summed E-state index contributed by atoms with van der Waals surface area (Å²) in [6.45, 7) is 1.68. The third-order valence-corrected chi connectivity index (χ3v) is 4.58. The van der Waals surface area contributed by atoms with E-state index in [0.717, 1.165) is 0 Å². The molecular weight excluding hydrogens is 256 g/mol. The van der Waals surface area contributed by atoms with Crippen molar-refractivity contribution >= 4 is 15.7 Å². The number of aromatic nitrogens is 1. The first-order valence-electron chi connectivity index (χ1n) is 5.58. The van der Waals surface area contributed by atoms with Crippen LogP contribution in [0, 0.1) is 6.92 Å². The van der Waals surface area contributed by atoms with Crippen molar-refractivity contribution in [1.29, 1.82) is 0 Å². The van der Waals surface area contributed by atoms with Gasteiger partial charge in [-0.15, -0.1) is 0 Å². The lowest BCUT2D eigenvalue weighted by Crippen LogP contribution is -2.36. The highest BCUT2D eigenvalue weighted by Gasteiger charge is 2.29. The van der Waals surface area contributed by atoms with Crippen LogP contribution in [0.15, 0.2) is 16.9 Å². The molecule has 18 heavy (non-hydrogen) atoms. The van der Waals surface area contributed by atoms with E-state index in [1.165, 1.54) is 6.07 Å². The van der Waals surface area contributed by atoms with Crippen LogP contribution in [0.1, 0.15) is 22.5 Å². The number of rotatable bonds is 2. The maximum atomic E-state index is 11.9. The molecule has 1 amide bonds. The molecule has 1 aliphatic rings. The number of hydrogen-bond acceptors (Lipinski definition) is 4. The van der Waals surface area contributed by atoms with Gasteiger partial charge in [0.1, 0.15) is 0 Å². The number of hydrogen-bond donors (Lipinski definition) is 2. The summed E-state index contributed by atoms with van der Waals surface area (Å²) in [5.74, 6) is -0.334. The fourth-order valence-electron chi connectivity index (χ4n) is 1.99. The van der Waals surface area contributed by atoms with Crippen LogP contribution in [0.3, 0.4) is 0 Å². The Hall–Kier alpha value is -1.63. The van der Waals surface area contributed by atoms with Crippen molar-refractivity contribution in [2.45, 2.75) is 19.4 Å². The summed E-state index contributed by atoms with van der Waals surface area (Å²) in [6, 6.07) is 2.40. The lowest BCUT2D eigenvalue weighted by Gasteiger charge is -2.10. The van der Waals surface area contributed by atoms with E-state index in [1.807, 2.05) is 0 Å². The second kappa shape index (κ2) is 4.56. The molecule has 2 rings (SSSR count). The number of amides is 1. The topological polar surface area (TPSA) is 96.1 Å². The van der Waals surface area contributed by atoms with Gasteiger partial charge in [-0.1, -0.05) is 0 Å². The number of carbonyl (C=O) groups excluding carboxylic acids is 1. The molecule has 1 saturated heterocycles. The third kappa shape index (κ3) is 2.98. The van der Waals surface area contributed by atoms with Crippen LogP contribution in [-0.4, -0.2) is 36.9 Å². The zero-order valence-corrected chi connectivity index (χ0v) is 10.7. The van der Waals surface area contributed by atoms with Gasteiger partial charge < -0.3 is 10.3 Å². The summed E-state index contributed by atoms with van der Waals surface area (Å²) in [5.41, 5.74) is 0.492. The molecule has 1 aromatic heterocycles. The Morgan fingerprint density at radius 2 is 2.17 bits per heavy atom. The van der Waals surface area contributed by atoms with E-state index in [4.69, 9.17) is 0 Å². The van der Waals surface area contributed by atoms with Crippen LogP contribution in [0.2, 0.25) is 0 Å². The van der Waals surface area contributed by atoms with E-state index >= 15 is 0 Å². The Morgan fingerprint density at radius 1 is 1.44 bits per heavy atom. The number of aromatic amines is 1. The van der Waals surface area contributed by atoms with Gasteiger partial charge >= 0.3 is 0 Å². The molecule has 1 aromatic rings. The minimum Gasteiger partial charge on any atom is -0.348 e. The monoisotopic (exact) mass is 270 g/mol. The predicted molar refractivity (Wildman–Crippen MR) is 66.3 cm³/mol. The molecule has 1 unspecified atom stereocenters. The van der Waals surface area contributed by atoms with E-state index in [-0.39, 0.29) is 28.7 Å². The van der Waals surface area contributed by atoms with Crippen LogP contribution in [-0.2, 0) is 9.84 Å². The average molecular weight is 270 g/mol. The molecule has 6 nitrogen and oxygen atoms in total. The van der Waals surface area contributed by atoms with Gasteiger partial charge in [-0.25, -0.2) is 8.42 Å². The largest absolute Gasteiger partial charge is 0.348 e. The molecule has 0 bridgehead atoms. The van der Waals surface area contributed by atoms with Crippen molar-refractivity contribution in [2.75, 3.05) is 11.5 Å². The fraction of sp³-hybridized carbons (Fsp3) is 0.455. The molecule has 0 spiro atoms. The van der Waals surface area contributed by atoms with E-state index in [1.54, 1.807) is 13.0 Å². The van der Waals surface area contributed by atoms with E-state index in [2.05, 4.69) is 10.3 Å². The van der Waals surface area contributed by atoms with Crippen LogP contribution < -0.4 is 10.9 Å². The molecule has 0 aliphatic carbocycles. The SMILES string of the molecule is Cc1cc(C(=O)NC2CCS(=O)(=O)C2)cc(=O)[nH]1. The summed E-state index contributed by atoms with van der Waals surface area (Å²) in [7, 11) is -3.02. The normalized spacial score (nSPS) is 21.7. The molecule has 1 atom stereocenters. The van der Waals surface area contributed by atoms with Gasteiger partial charge in [0.25, 0.3) is 5.91 Å². The lowest BCUT2D eigenvalue weighted by atomic mass is 10.2. The average Bonchev–Trinajstić information content (AvgIpc) is 2.56. The second-order valence-electron chi connectivity index (χ2n) is 4.49. The Morgan fingerprint density at radius 3 is 2.72 bits per heavy atom. The van der Waals surface area contributed by atoms with Crippen molar-refractivity contribution in [2.24, 2.45) is 0 Å². The van der Waals surface area contributed by atoms with Crippen LogP contribution in [0.5, 0.6) is 0 Å². The number of pyridine rings is 1. The van der Waals surface area contributed by atoms with E-state index < -0.39 is 15.7 Å². The molecule has 0 saturated carbocycles. The zero-order chi connectivity index (χ0) is 13.3. The van der Waals surface area contributed by atoms with E-state index in [0.29, 0.717) is 12.1 Å². The maximum absolute atomic E-state index is 11.9. The number of sulfone groups is 1. The fourth-order valence-corrected chi connectivity index (χ4v) is 3.66. The Kier molecular flexibility index (Phi) is 3.25. The molecule has 2 N–H and O–H groups in total. The molecule has 1 fully saturated rings. The molecule has 0 aromatic carbocycles. The van der Waals surface area contributed by atoms with Gasteiger partial charge in [0.05, 0.1) is 11.5 Å². The summed E-state index contributed by atoms with van der Waals surface area (Å²) in [4.78, 5) is 25.6. The molecular formula is C11H14N2O4S. The third-order valence-electron chi connectivity index (χ3n) is 2.81. The maximum Gasteiger partial charge on any atom is 0.251 e. The number of nitrogens with one attached hydrogen (secondary N) is 2. The van der Waals surface area contributed by atoms with Gasteiger partial charge in [-0.2, -0.15) is 0 Å². The first-order chi connectivity index (χ1) is 8.35. The lowest BCUT2D eigenvalue weighted by molar-refractivity contribution is 0.0941. The van der Waals surface area contributed by atoms with E-state index in [9.17, 15) is 18.0 Å². The van der Waals surface area contributed by atoms with Crippen molar-refractivity contribution in [1.82, 2.24) is 10.3 Å². The van der Waals surface area contributed by atoms with Crippen molar-refractivity contribution < 1.29 is 13.2 Å². The van der Waals surface area contributed by atoms with Gasteiger partial charge in [-0.05, 0) is 19.4 Å². The number of aryl methyl sites for hydroxylation is 1. The smallest absolute Gasteiger partial charge is 0.251 e. The van der Waals surface area contributed by atoms with Crippen LogP contribution in [0.4, 0.5) is 0 Å². The molecule has 2 heterocycles. The highest BCUT2D eigenvalue weighted by molar-refractivity contribution is 7.91. The molecule has 98 valence electrons. The molecule has 0 radical (unpaired) electrons. The van der Waals surface area contributed by atoms with Crippen LogP contribution in [0.25, 0.3) is 0 Å². The standard InChI is InChI=1S/C11H14N2O4S/c1-7-4-8(5-10(14)12-7)11(15)13-9-2-3-18(16,17)6-9/h4-5,9H,2-3,6H2,1H3,(H,12,14)(H,13,15). The first-order valence-corrected chi connectivity index (χ1v) is 7.40. The highest BCUT2D eigenvalue weighted by atomic mass is 32.2. The first kappa shape index (κ1) is 12.8. The molecule has 1 aliphatic heterocycles. The van der Waals surface area contributed by atoms with Gasteiger partial charge in [0.2, 0.25) is 5.56 Å². The van der Waals surface area contributed by atoms with Gasteiger partial charge in [0.15, 0.2) is 9.84 Å². The van der Waals surface area contributed by atoms with Crippen molar-refractivity contribution in [3.05, 3.63) is 33.7 Å². The zero-order valence-electron chi connectivity index (χ0n) is 9.89. The Balaban J connectivity index is 2.11. The summed E-state index contributed by atoms with van der Waals surface area (Å²) in [5, 5.41) is 2.63. The summed E-state index contributed by atoms with van der Waals surface area (Å²) in [6.07, 6.45) is 0.427. The van der Waals surface area contributed by atoms with Gasteiger partial charge in [-0.3, -0.25) is 9.59 Å². The Bertz CT molecular complexity index is 633. The summed E-state index contributed by atoms with van der Waals surface area (Å²) >= 11 is 0. The predicted octanol–water partition coefficient (Wildman–Crippen LogP) is -0.400. The van der Waals surface area contributed by atoms with Crippen LogP contribution >= 0.6 is 0 Å². The minimum atomic E-state index is -3.02. The number of carbonyl (C=O) groups is 1. The van der Waals surface area contributed by atoms with Gasteiger partial charge in [0, 0.05) is 23.4 Å². The number of H-pyrrole nitrogens is 1. The summed E-state index contributed by atoms with van der Waals surface area (Å²) < 4.78 is 22.5. The van der Waals surface area contributed by atoms with Crippen molar-refractivity contribution in [3.8, 4) is 0 Å². The molecule has 7 heteroatoms. The quantitative estimate of drug-likeness (QED) is 0.764. The second-order valence-corrected chi connectivity index (χ2v) is 6.72. The minimum absolute atomic E-state index is 0.0269. The van der Waals surface area contributed by atoms with Crippen molar-refractivity contribution in [3.63, 3.8) is 0 Å².